The monoisotopic (exact) mass is 237 g/mol. The van der Waals surface area contributed by atoms with Crippen molar-refractivity contribution in [3.8, 4) is 0 Å². The van der Waals surface area contributed by atoms with E-state index >= 15 is 0 Å². The molecule has 15 heavy (non-hydrogen) atoms. The Hall–Kier alpha value is -0.510. The van der Waals surface area contributed by atoms with Gasteiger partial charge in [0, 0.05) is 0 Å². The topological polar surface area (TPSA) is 96.2 Å². The smallest absolute Gasteiger partial charge is 0.303 e. The third-order valence-electron chi connectivity index (χ3n) is 1.74. The summed E-state index contributed by atoms with van der Waals surface area (Å²) in [4.78, 5) is 29.8. The molecule has 0 aromatic rings. The van der Waals surface area contributed by atoms with Gasteiger partial charge in [-0.2, -0.15) is 0 Å². The van der Waals surface area contributed by atoms with Crippen LogP contribution >= 0.6 is 7.82 Å². The number of hydrogen-bond donors (Lipinski definition) is 2. The molecule has 0 bridgehead atoms. The second-order valence-electron chi connectivity index (χ2n) is 3.06. The fourth-order valence-electron chi connectivity index (χ4n) is 1.05. The third-order valence-corrected chi connectivity index (χ3v) is 2.26. The summed E-state index contributed by atoms with van der Waals surface area (Å²) in [6.07, 6.45) is 5.67. The molecular weight excluding hydrogens is 221 g/mol. The number of hydrogen-bond acceptors (Lipinski definition) is 4. The highest BCUT2D eigenvalue weighted by molar-refractivity contribution is 7.46. The number of isocyanates is 1. The van der Waals surface area contributed by atoms with Crippen molar-refractivity contribution in [2.45, 2.75) is 32.1 Å². The minimum atomic E-state index is -4.29. The van der Waals surface area contributed by atoms with Crippen molar-refractivity contribution in [1.29, 1.82) is 0 Å². The SMILES string of the molecule is O=C=NCCCCCCCOP(=O)(O)O. The molecule has 0 aromatic heterocycles. The molecule has 0 aliphatic rings. The maximum atomic E-state index is 10.3. The van der Waals surface area contributed by atoms with Gasteiger partial charge in [-0.1, -0.05) is 19.3 Å². The van der Waals surface area contributed by atoms with Crippen LogP contribution in [0.15, 0.2) is 4.99 Å². The standard InChI is InChI=1S/C8H16NO5P/c10-8-9-6-4-2-1-3-5-7-14-15(11,12)13/h1-7H2,(H2,11,12,13). The van der Waals surface area contributed by atoms with Crippen LogP contribution < -0.4 is 0 Å². The maximum Gasteiger partial charge on any atom is 0.469 e. The molecule has 0 unspecified atom stereocenters. The molecule has 0 radical (unpaired) electrons. The fourth-order valence-corrected chi connectivity index (χ4v) is 1.42. The first-order chi connectivity index (χ1) is 7.06. The van der Waals surface area contributed by atoms with E-state index in [0.29, 0.717) is 13.0 Å². The first kappa shape index (κ1) is 14.5. The Morgan fingerprint density at radius 1 is 1.13 bits per heavy atom. The summed E-state index contributed by atoms with van der Waals surface area (Å²) in [6.45, 7) is 0.583. The van der Waals surface area contributed by atoms with E-state index in [9.17, 15) is 9.36 Å². The van der Waals surface area contributed by atoms with Crippen LogP contribution in [0.5, 0.6) is 0 Å². The van der Waals surface area contributed by atoms with E-state index in [1.165, 1.54) is 6.08 Å². The van der Waals surface area contributed by atoms with Crippen molar-refractivity contribution < 1.29 is 23.7 Å². The molecule has 0 rings (SSSR count). The molecule has 0 aliphatic carbocycles. The fraction of sp³-hybridized carbons (Fsp3) is 0.875. The highest BCUT2D eigenvalue weighted by Crippen LogP contribution is 2.35. The molecule has 6 nitrogen and oxygen atoms in total. The number of unbranched alkanes of at least 4 members (excludes halogenated alkanes) is 4. The predicted octanol–water partition coefficient (Wildman–Crippen LogP) is 1.38. The summed E-state index contributed by atoms with van der Waals surface area (Å²) < 4.78 is 14.5. The van der Waals surface area contributed by atoms with E-state index in [2.05, 4.69) is 9.52 Å². The lowest BCUT2D eigenvalue weighted by Crippen LogP contribution is -1.92. The number of aliphatic imine (C=N–C) groups is 1. The van der Waals surface area contributed by atoms with Crippen LogP contribution in [0.25, 0.3) is 0 Å². The molecule has 0 spiro atoms. The summed E-state index contributed by atoms with van der Waals surface area (Å²) in [7, 11) is -4.29. The average molecular weight is 237 g/mol. The summed E-state index contributed by atoms with van der Waals surface area (Å²) in [5.41, 5.74) is 0. The number of carbonyl (C=O) groups excluding carboxylic acids is 1. The van der Waals surface area contributed by atoms with Gasteiger partial charge in [-0.3, -0.25) is 4.52 Å². The lowest BCUT2D eigenvalue weighted by molar-refractivity contribution is 0.193. The average Bonchev–Trinajstić information content (AvgIpc) is 2.14. The Labute approximate surface area is 88.6 Å². The molecule has 0 saturated heterocycles. The highest BCUT2D eigenvalue weighted by atomic mass is 31.2. The van der Waals surface area contributed by atoms with Gasteiger partial charge in [0.2, 0.25) is 6.08 Å². The molecule has 7 heteroatoms. The molecule has 0 fully saturated rings. The normalized spacial score (nSPS) is 11.1. The lowest BCUT2D eigenvalue weighted by Gasteiger charge is -2.04. The number of nitrogens with zero attached hydrogens (tertiary/aromatic N) is 1. The van der Waals surface area contributed by atoms with E-state index in [0.717, 1.165) is 25.7 Å². The summed E-state index contributed by atoms with van der Waals surface area (Å²) >= 11 is 0. The summed E-state index contributed by atoms with van der Waals surface area (Å²) in [5.74, 6) is 0. The lowest BCUT2D eigenvalue weighted by atomic mass is 10.1. The van der Waals surface area contributed by atoms with Crippen LogP contribution in [0.4, 0.5) is 0 Å². The minimum absolute atomic E-state index is 0.0801. The Morgan fingerprint density at radius 3 is 2.33 bits per heavy atom. The van der Waals surface area contributed by atoms with Crippen molar-refractivity contribution in [1.82, 2.24) is 0 Å². The van der Waals surface area contributed by atoms with Crippen LogP contribution in [0.1, 0.15) is 32.1 Å². The number of phosphoric acid groups is 1. The van der Waals surface area contributed by atoms with E-state index in [1.54, 1.807) is 0 Å². The van der Waals surface area contributed by atoms with Gasteiger partial charge < -0.3 is 9.79 Å². The van der Waals surface area contributed by atoms with Gasteiger partial charge in [0.15, 0.2) is 0 Å². The van der Waals surface area contributed by atoms with Gasteiger partial charge in [0.1, 0.15) is 0 Å². The first-order valence-electron chi connectivity index (χ1n) is 4.80. The maximum absolute atomic E-state index is 10.3. The molecule has 88 valence electrons. The number of phosphoric ester groups is 1. The third kappa shape index (κ3) is 13.5. The molecule has 2 N–H and O–H groups in total. The Morgan fingerprint density at radius 2 is 1.73 bits per heavy atom. The van der Waals surface area contributed by atoms with E-state index in [4.69, 9.17) is 9.79 Å². The van der Waals surface area contributed by atoms with Crippen molar-refractivity contribution in [3.05, 3.63) is 0 Å². The highest BCUT2D eigenvalue weighted by Gasteiger charge is 2.12. The zero-order valence-corrected chi connectivity index (χ0v) is 9.36. The van der Waals surface area contributed by atoms with Gasteiger partial charge in [0.05, 0.1) is 13.2 Å². The van der Waals surface area contributed by atoms with Gasteiger partial charge in [-0.05, 0) is 12.8 Å². The van der Waals surface area contributed by atoms with E-state index in [1.807, 2.05) is 0 Å². The van der Waals surface area contributed by atoms with Gasteiger partial charge in [0.25, 0.3) is 0 Å². The molecule has 0 heterocycles. The van der Waals surface area contributed by atoms with Crippen molar-refractivity contribution in [2.24, 2.45) is 4.99 Å². The largest absolute Gasteiger partial charge is 0.469 e. The molecule has 0 aromatic carbocycles. The molecule has 0 saturated carbocycles. The summed E-state index contributed by atoms with van der Waals surface area (Å²) in [5, 5.41) is 0. The number of rotatable bonds is 9. The van der Waals surface area contributed by atoms with Crippen molar-refractivity contribution >= 4 is 13.9 Å². The van der Waals surface area contributed by atoms with Gasteiger partial charge in [-0.25, -0.2) is 14.4 Å². The molecule has 0 aliphatic heterocycles. The Bertz CT molecular complexity index is 245. The van der Waals surface area contributed by atoms with Crippen molar-refractivity contribution in [2.75, 3.05) is 13.2 Å². The van der Waals surface area contributed by atoms with Crippen LogP contribution in [0.2, 0.25) is 0 Å². The zero-order chi connectivity index (χ0) is 11.6. The van der Waals surface area contributed by atoms with Crippen LogP contribution in [-0.4, -0.2) is 29.0 Å². The predicted molar refractivity (Wildman–Crippen MR) is 54.1 cm³/mol. The molecular formula is C8H16NO5P. The Kier molecular flexibility index (Phi) is 8.47. The molecule has 0 atom stereocenters. The van der Waals surface area contributed by atoms with Crippen LogP contribution in [0.3, 0.4) is 0 Å². The van der Waals surface area contributed by atoms with Crippen molar-refractivity contribution in [3.63, 3.8) is 0 Å². The summed E-state index contributed by atoms with van der Waals surface area (Å²) in [6, 6.07) is 0. The van der Waals surface area contributed by atoms with E-state index in [-0.39, 0.29) is 6.61 Å². The Balaban J connectivity index is 3.12. The van der Waals surface area contributed by atoms with E-state index < -0.39 is 7.82 Å². The van der Waals surface area contributed by atoms with Crippen LogP contribution in [0, 0.1) is 0 Å². The van der Waals surface area contributed by atoms with Gasteiger partial charge in [-0.15, -0.1) is 0 Å². The van der Waals surface area contributed by atoms with Gasteiger partial charge >= 0.3 is 7.82 Å². The van der Waals surface area contributed by atoms with Crippen LogP contribution in [-0.2, 0) is 13.9 Å². The molecule has 0 amide bonds. The minimum Gasteiger partial charge on any atom is -0.303 e. The second kappa shape index (κ2) is 8.77. The zero-order valence-electron chi connectivity index (χ0n) is 8.46. The second-order valence-corrected chi connectivity index (χ2v) is 4.30. The quantitative estimate of drug-likeness (QED) is 0.273. The first-order valence-corrected chi connectivity index (χ1v) is 6.33.